The van der Waals surface area contributed by atoms with Crippen LogP contribution in [0.4, 0.5) is 4.79 Å². The monoisotopic (exact) mass is 430 g/mol. The summed E-state index contributed by atoms with van der Waals surface area (Å²) >= 11 is 6.11. The van der Waals surface area contributed by atoms with Gasteiger partial charge in [-0.3, -0.25) is 15.0 Å². The molecular formula is C21H27ClN6O2. The van der Waals surface area contributed by atoms with E-state index in [9.17, 15) is 9.59 Å². The zero-order valence-electron chi connectivity index (χ0n) is 17.3. The van der Waals surface area contributed by atoms with Crippen LogP contribution >= 0.6 is 11.6 Å². The summed E-state index contributed by atoms with van der Waals surface area (Å²) in [5.41, 5.74) is 2.14. The van der Waals surface area contributed by atoms with Crippen molar-refractivity contribution in [1.82, 2.24) is 24.9 Å². The first kappa shape index (κ1) is 20.7. The van der Waals surface area contributed by atoms with Crippen LogP contribution in [0.15, 0.2) is 41.4 Å². The Balaban J connectivity index is 1.47. The zero-order chi connectivity index (χ0) is 21.4. The molecule has 3 heterocycles. The van der Waals surface area contributed by atoms with Crippen molar-refractivity contribution >= 4 is 29.5 Å². The molecule has 0 aliphatic carbocycles. The van der Waals surface area contributed by atoms with Gasteiger partial charge in [-0.1, -0.05) is 35.9 Å². The second kappa shape index (κ2) is 8.28. The molecule has 0 radical (unpaired) electrons. The van der Waals surface area contributed by atoms with E-state index < -0.39 is 18.2 Å². The molecule has 1 aromatic rings. The van der Waals surface area contributed by atoms with Crippen LogP contribution in [0.2, 0.25) is 5.02 Å². The number of carbonyl (C=O) groups is 2. The first-order valence-corrected chi connectivity index (χ1v) is 10.5. The molecule has 4 rings (SSSR count). The number of urea groups is 1. The third-order valence-corrected chi connectivity index (χ3v) is 5.96. The lowest BCUT2D eigenvalue weighted by atomic mass is 10.1. The van der Waals surface area contributed by atoms with Gasteiger partial charge in [-0.2, -0.15) is 0 Å². The number of carbonyl (C=O) groups excluding carboxylic acids is 2. The summed E-state index contributed by atoms with van der Waals surface area (Å²) in [5.74, 6) is 0.467. The van der Waals surface area contributed by atoms with Gasteiger partial charge < -0.3 is 14.7 Å². The number of likely N-dealkylation sites (N-methyl/N-ethyl adjacent to an activating group) is 1. The normalized spacial score (nSPS) is 24.6. The molecule has 2 atom stereocenters. The summed E-state index contributed by atoms with van der Waals surface area (Å²) < 4.78 is 0. The first-order chi connectivity index (χ1) is 14.3. The summed E-state index contributed by atoms with van der Waals surface area (Å²) in [5, 5.41) is 3.18. The van der Waals surface area contributed by atoms with Crippen LogP contribution in [0.25, 0.3) is 0 Å². The number of nitrogens with zero attached hydrogens (tertiary/aromatic N) is 5. The molecule has 0 saturated carbocycles. The fraction of sp³-hybridized carbons (Fsp3) is 0.476. The van der Waals surface area contributed by atoms with E-state index in [2.05, 4.69) is 27.8 Å². The SMILES string of the molecule is C=C(C)CN1C(N2CCN(Cc3cccc(Cl)c3)CC2)=NC2C1C(=O)NC(=O)N2C. The lowest BCUT2D eigenvalue weighted by Crippen LogP contribution is -2.64. The van der Waals surface area contributed by atoms with E-state index in [4.69, 9.17) is 16.6 Å². The first-order valence-electron chi connectivity index (χ1n) is 10.1. The third-order valence-electron chi connectivity index (χ3n) is 5.73. The fourth-order valence-corrected chi connectivity index (χ4v) is 4.45. The van der Waals surface area contributed by atoms with Gasteiger partial charge >= 0.3 is 6.03 Å². The Labute approximate surface area is 181 Å². The Hall–Kier alpha value is -2.58. The van der Waals surface area contributed by atoms with Crippen molar-refractivity contribution in [3.8, 4) is 0 Å². The minimum absolute atomic E-state index is 0.303. The fourth-order valence-electron chi connectivity index (χ4n) is 4.23. The summed E-state index contributed by atoms with van der Waals surface area (Å²) in [6.45, 7) is 10.7. The molecule has 2 fully saturated rings. The molecule has 3 aliphatic rings. The molecule has 2 saturated heterocycles. The summed E-state index contributed by atoms with van der Waals surface area (Å²) in [6, 6.07) is 7.01. The molecule has 3 amide bonds. The highest BCUT2D eigenvalue weighted by Crippen LogP contribution is 2.27. The number of guanidine groups is 1. The molecular weight excluding hydrogens is 404 g/mol. The highest BCUT2D eigenvalue weighted by atomic mass is 35.5. The Bertz CT molecular complexity index is 895. The maximum absolute atomic E-state index is 12.6. The number of fused-ring (bicyclic) bond motifs is 1. The van der Waals surface area contributed by atoms with Crippen LogP contribution in [0.3, 0.4) is 0 Å². The quantitative estimate of drug-likeness (QED) is 0.734. The van der Waals surface area contributed by atoms with E-state index in [0.29, 0.717) is 6.54 Å². The average molecular weight is 431 g/mol. The molecule has 0 bridgehead atoms. The second-order valence-corrected chi connectivity index (χ2v) is 8.61. The number of hydrogen-bond acceptors (Lipinski definition) is 6. The molecule has 0 spiro atoms. The van der Waals surface area contributed by atoms with Crippen molar-refractivity contribution in [2.75, 3.05) is 39.8 Å². The molecule has 9 heteroatoms. The minimum atomic E-state index is -0.524. The molecule has 2 unspecified atom stereocenters. The number of rotatable bonds is 4. The second-order valence-electron chi connectivity index (χ2n) is 8.17. The molecule has 3 aliphatic heterocycles. The van der Waals surface area contributed by atoms with E-state index in [0.717, 1.165) is 49.3 Å². The Morgan fingerprint density at radius 3 is 2.67 bits per heavy atom. The maximum Gasteiger partial charge on any atom is 0.325 e. The van der Waals surface area contributed by atoms with Gasteiger partial charge in [0.15, 0.2) is 18.2 Å². The van der Waals surface area contributed by atoms with Crippen molar-refractivity contribution in [3.05, 3.63) is 47.0 Å². The number of halogens is 1. The lowest BCUT2D eigenvalue weighted by Gasteiger charge is -2.40. The number of hydrogen-bond donors (Lipinski definition) is 1. The molecule has 30 heavy (non-hydrogen) atoms. The molecule has 0 aromatic heterocycles. The van der Waals surface area contributed by atoms with E-state index in [1.807, 2.05) is 30.0 Å². The number of aliphatic imine (C=N–C) groups is 1. The predicted molar refractivity (Wildman–Crippen MR) is 116 cm³/mol. The maximum atomic E-state index is 12.6. The molecule has 8 nitrogen and oxygen atoms in total. The van der Waals surface area contributed by atoms with Crippen molar-refractivity contribution in [2.24, 2.45) is 4.99 Å². The van der Waals surface area contributed by atoms with Crippen LogP contribution in [-0.4, -0.2) is 89.5 Å². The summed E-state index contributed by atoms with van der Waals surface area (Å²) in [7, 11) is 1.67. The summed E-state index contributed by atoms with van der Waals surface area (Å²) in [4.78, 5) is 37.5. The van der Waals surface area contributed by atoms with Gasteiger partial charge in [-0.15, -0.1) is 0 Å². The van der Waals surface area contributed by atoms with E-state index in [1.54, 1.807) is 7.05 Å². The number of imide groups is 1. The summed E-state index contributed by atoms with van der Waals surface area (Å²) in [6.07, 6.45) is -0.509. The highest BCUT2D eigenvalue weighted by molar-refractivity contribution is 6.30. The van der Waals surface area contributed by atoms with Crippen LogP contribution < -0.4 is 5.32 Å². The zero-order valence-corrected chi connectivity index (χ0v) is 18.1. The number of nitrogens with one attached hydrogen (secondary N) is 1. The topological polar surface area (TPSA) is 71.5 Å². The van der Waals surface area contributed by atoms with Gasteiger partial charge in [-0.25, -0.2) is 9.79 Å². The van der Waals surface area contributed by atoms with Crippen LogP contribution in [0, 0.1) is 0 Å². The van der Waals surface area contributed by atoms with E-state index in [1.165, 1.54) is 10.5 Å². The molecule has 1 N–H and O–H groups in total. The largest absolute Gasteiger partial charge is 0.340 e. The number of amides is 3. The molecule has 160 valence electrons. The number of benzene rings is 1. The highest BCUT2D eigenvalue weighted by Gasteiger charge is 2.49. The standard InChI is InChI=1S/C21H27ClN6O2/c1-14(2)12-28-17-18(25(3)21(30)24-19(17)29)23-20(28)27-9-7-26(8-10-27)13-15-5-4-6-16(22)11-15/h4-6,11,17-18H,1,7-10,12-13H2,2-3H3,(H,24,29,30). The van der Waals surface area contributed by atoms with Gasteiger partial charge in [0, 0.05) is 51.3 Å². The van der Waals surface area contributed by atoms with Gasteiger partial charge in [0.2, 0.25) is 0 Å². The Kier molecular flexibility index (Phi) is 5.71. The smallest absolute Gasteiger partial charge is 0.325 e. The van der Waals surface area contributed by atoms with Crippen molar-refractivity contribution in [2.45, 2.75) is 25.7 Å². The molecule has 1 aromatic carbocycles. The van der Waals surface area contributed by atoms with Crippen molar-refractivity contribution in [3.63, 3.8) is 0 Å². The van der Waals surface area contributed by atoms with Crippen LogP contribution in [0.1, 0.15) is 12.5 Å². The van der Waals surface area contributed by atoms with E-state index >= 15 is 0 Å². The minimum Gasteiger partial charge on any atom is -0.340 e. The van der Waals surface area contributed by atoms with Crippen molar-refractivity contribution < 1.29 is 9.59 Å². The van der Waals surface area contributed by atoms with Crippen molar-refractivity contribution in [1.29, 1.82) is 0 Å². The Morgan fingerprint density at radius 1 is 1.27 bits per heavy atom. The predicted octanol–water partition coefficient (Wildman–Crippen LogP) is 1.58. The van der Waals surface area contributed by atoms with Crippen LogP contribution in [-0.2, 0) is 11.3 Å². The van der Waals surface area contributed by atoms with Gasteiger partial charge in [0.1, 0.15) is 0 Å². The van der Waals surface area contributed by atoms with Gasteiger partial charge in [-0.05, 0) is 24.6 Å². The van der Waals surface area contributed by atoms with Crippen LogP contribution in [0.5, 0.6) is 0 Å². The third kappa shape index (κ3) is 4.02. The van der Waals surface area contributed by atoms with E-state index in [-0.39, 0.29) is 5.91 Å². The number of piperazine rings is 1. The van der Waals surface area contributed by atoms with Gasteiger partial charge in [0.25, 0.3) is 5.91 Å². The lowest BCUT2D eigenvalue weighted by molar-refractivity contribution is -0.127. The Morgan fingerprint density at radius 2 is 2.00 bits per heavy atom. The average Bonchev–Trinajstić information content (AvgIpc) is 3.06. The van der Waals surface area contributed by atoms with Gasteiger partial charge in [0.05, 0.1) is 0 Å².